The number of morpholine rings is 1. The molecule has 5 rings (SSSR count). The van der Waals surface area contributed by atoms with Crippen LogP contribution in [0.15, 0.2) is 18.2 Å². The molecule has 4 heterocycles. The molecule has 30 heavy (non-hydrogen) atoms. The van der Waals surface area contributed by atoms with Crippen molar-refractivity contribution >= 4 is 22.8 Å². The summed E-state index contributed by atoms with van der Waals surface area (Å²) in [5.74, 6) is 1.87. The molecule has 9 heteroatoms. The van der Waals surface area contributed by atoms with Gasteiger partial charge in [-0.15, -0.1) is 0 Å². The fourth-order valence-electron chi connectivity index (χ4n) is 4.32. The van der Waals surface area contributed by atoms with Crippen LogP contribution in [-0.2, 0) is 21.7 Å². The van der Waals surface area contributed by atoms with E-state index >= 15 is 0 Å². The number of hydrogen-bond acceptors (Lipinski definition) is 8. The van der Waals surface area contributed by atoms with Crippen LogP contribution in [0.3, 0.4) is 0 Å². The Hall–Kier alpha value is -2.75. The minimum absolute atomic E-state index is 0.0249. The van der Waals surface area contributed by atoms with E-state index < -0.39 is 5.60 Å². The van der Waals surface area contributed by atoms with Gasteiger partial charge in [-0.3, -0.25) is 0 Å². The molecule has 3 aromatic rings. The number of nitrogen functional groups attached to an aromatic ring is 1. The Bertz CT molecular complexity index is 1100. The van der Waals surface area contributed by atoms with Gasteiger partial charge in [-0.1, -0.05) is 0 Å². The number of aromatic nitrogens is 4. The molecule has 2 unspecified atom stereocenters. The van der Waals surface area contributed by atoms with Crippen molar-refractivity contribution in [1.29, 1.82) is 0 Å². The minimum atomic E-state index is -0.646. The number of ether oxygens (including phenoxy) is 2. The van der Waals surface area contributed by atoms with Gasteiger partial charge in [-0.2, -0.15) is 0 Å². The van der Waals surface area contributed by atoms with E-state index in [4.69, 9.17) is 25.2 Å². The maximum Gasteiger partial charge on any atom is 0.198 e. The number of nitrogens with two attached hydrogens (primary N) is 1. The molecule has 158 valence electrons. The van der Waals surface area contributed by atoms with Gasteiger partial charge in [0.1, 0.15) is 11.4 Å². The molecule has 9 nitrogen and oxygen atoms in total. The number of nitrogens with zero attached hydrogens (tertiary/aromatic N) is 4. The van der Waals surface area contributed by atoms with Gasteiger partial charge in [0.05, 0.1) is 42.6 Å². The fraction of sp³-hybridized carbons (Fsp3) is 0.476. The Balaban J connectivity index is 1.68. The number of aromatic amines is 1. The molecule has 1 saturated heterocycles. The zero-order chi connectivity index (χ0) is 20.9. The van der Waals surface area contributed by atoms with Gasteiger partial charge in [0, 0.05) is 30.7 Å². The summed E-state index contributed by atoms with van der Waals surface area (Å²) >= 11 is 0. The lowest BCUT2D eigenvalue weighted by Crippen LogP contribution is -2.44. The Kier molecular flexibility index (Phi) is 4.61. The molecule has 4 N–H and O–H groups in total. The van der Waals surface area contributed by atoms with Crippen molar-refractivity contribution in [3.8, 4) is 11.4 Å². The lowest BCUT2D eigenvalue weighted by atomic mass is 9.96. The summed E-state index contributed by atoms with van der Waals surface area (Å²) < 4.78 is 11.8. The highest BCUT2D eigenvalue weighted by Gasteiger charge is 2.41. The van der Waals surface area contributed by atoms with Gasteiger partial charge in [0.2, 0.25) is 0 Å². The van der Waals surface area contributed by atoms with Gasteiger partial charge in [-0.05, 0) is 32.0 Å². The van der Waals surface area contributed by atoms with Crippen LogP contribution in [0.2, 0.25) is 0 Å². The van der Waals surface area contributed by atoms with Crippen LogP contribution in [0.25, 0.3) is 22.4 Å². The summed E-state index contributed by atoms with van der Waals surface area (Å²) in [5, 5.41) is 9.61. The maximum absolute atomic E-state index is 9.61. The second kappa shape index (κ2) is 7.19. The van der Waals surface area contributed by atoms with Crippen molar-refractivity contribution in [1.82, 2.24) is 19.9 Å². The number of fused-ring (bicyclic) bond motifs is 2. The van der Waals surface area contributed by atoms with E-state index in [1.54, 1.807) is 0 Å². The van der Waals surface area contributed by atoms with Crippen LogP contribution in [0.4, 0.5) is 11.8 Å². The molecular formula is C21H26N6O3. The summed E-state index contributed by atoms with van der Waals surface area (Å²) in [4.78, 5) is 19.5. The lowest BCUT2D eigenvalue weighted by molar-refractivity contribution is -0.0410. The number of imidazole rings is 1. The first-order valence-electron chi connectivity index (χ1n) is 10.2. The van der Waals surface area contributed by atoms with E-state index in [1.807, 2.05) is 25.1 Å². The molecular weight excluding hydrogens is 384 g/mol. The van der Waals surface area contributed by atoms with Crippen molar-refractivity contribution < 1.29 is 14.6 Å². The fourth-order valence-corrected chi connectivity index (χ4v) is 4.32. The maximum atomic E-state index is 9.61. The van der Waals surface area contributed by atoms with Gasteiger partial charge < -0.3 is 30.2 Å². The van der Waals surface area contributed by atoms with Crippen LogP contribution < -0.4 is 10.6 Å². The van der Waals surface area contributed by atoms with Crippen molar-refractivity contribution in [2.24, 2.45) is 0 Å². The van der Waals surface area contributed by atoms with Crippen LogP contribution in [0.5, 0.6) is 0 Å². The number of aliphatic hydroxyl groups excluding tert-OH is 1. The Morgan fingerprint density at radius 3 is 3.00 bits per heavy atom. The molecule has 0 spiro atoms. The lowest BCUT2D eigenvalue weighted by Gasteiger charge is -2.35. The first kappa shape index (κ1) is 19.2. The predicted molar refractivity (Wildman–Crippen MR) is 113 cm³/mol. The number of benzene rings is 1. The Morgan fingerprint density at radius 1 is 1.33 bits per heavy atom. The average Bonchev–Trinajstić information content (AvgIpc) is 3.27. The van der Waals surface area contributed by atoms with E-state index in [-0.39, 0.29) is 12.6 Å². The van der Waals surface area contributed by atoms with E-state index in [0.29, 0.717) is 38.0 Å². The van der Waals surface area contributed by atoms with Gasteiger partial charge in [-0.25, -0.2) is 15.0 Å². The van der Waals surface area contributed by atoms with Crippen LogP contribution in [-0.4, -0.2) is 57.4 Å². The summed E-state index contributed by atoms with van der Waals surface area (Å²) in [5.41, 5.74) is 9.49. The largest absolute Gasteiger partial charge is 0.396 e. The number of H-pyrrole nitrogens is 1. The average molecular weight is 410 g/mol. The summed E-state index contributed by atoms with van der Waals surface area (Å²) in [6.45, 7) is 6.64. The highest BCUT2D eigenvalue weighted by Crippen LogP contribution is 2.42. The Morgan fingerprint density at radius 2 is 2.20 bits per heavy atom. The third-order valence-electron chi connectivity index (χ3n) is 6.01. The molecule has 0 aliphatic carbocycles. The van der Waals surface area contributed by atoms with Crippen molar-refractivity contribution in [3.63, 3.8) is 0 Å². The molecule has 2 aliphatic rings. The number of nitrogens with one attached hydrogen (secondary N) is 1. The molecule has 2 atom stereocenters. The highest BCUT2D eigenvalue weighted by atomic mass is 16.5. The second-order valence-electron chi connectivity index (χ2n) is 8.16. The third-order valence-corrected chi connectivity index (χ3v) is 6.01. The molecule has 0 saturated carbocycles. The second-order valence-corrected chi connectivity index (χ2v) is 8.16. The van der Waals surface area contributed by atoms with E-state index in [1.165, 1.54) is 0 Å². The smallest absolute Gasteiger partial charge is 0.198 e. The quantitative estimate of drug-likeness (QED) is 0.597. The summed E-state index contributed by atoms with van der Waals surface area (Å²) in [7, 11) is 0. The minimum Gasteiger partial charge on any atom is -0.396 e. The molecule has 0 radical (unpaired) electrons. The van der Waals surface area contributed by atoms with Gasteiger partial charge in [0.25, 0.3) is 0 Å². The van der Waals surface area contributed by atoms with E-state index in [2.05, 4.69) is 21.8 Å². The number of aliphatic hydroxyl groups is 1. The van der Waals surface area contributed by atoms with Crippen LogP contribution in [0, 0.1) is 0 Å². The van der Waals surface area contributed by atoms with Gasteiger partial charge in [0.15, 0.2) is 11.8 Å². The zero-order valence-corrected chi connectivity index (χ0v) is 17.2. The van der Waals surface area contributed by atoms with Crippen LogP contribution in [0.1, 0.15) is 31.5 Å². The standard InChI is InChI=1S/C21H26N6O3/c1-12-10-29-8-6-27(12)19-14-11-30-21(2,5-7-28)17(14)25-18(26-19)13-3-4-15-16(9-13)24-20(22)23-15/h3-4,9,12,28H,5-8,10-11H2,1-2H3,(H3,22,23,24). The Labute approximate surface area is 174 Å². The first-order chi connectivity index (χ1) is 14.5. The SMILES string of the molecule is CC1COCCN1c1nc(-c2ccc3[nH]c(N)nc3c2)nc2c1COC2(C)CCO. The van der Waals surface area contributed by atoms with Crippen LogP contribution >= 0.6 is 0 Å². The number of anilines is 2. The van der Waals surface area contributed by atoms with E-state index in [0.717, 1.165) is 40.2 Å². The summed E-state index contributed by atoms with van der Waals surface area (Å²) in [6.07, 6.45) is 0.476. The molecule has 0 bridgehead atoms. The third kappa shape index (κ3) is 3.10. The monoisotopic (exact) mass is 410 g/mol. The van der Waals surface area contributed by atoms with E-state index in [9.17, 15) is 5.11 Å². The van der Waals surface area contributed by atoms with Crippen molar-refractivity contribution in [3.05, 3.63) is 29.5 Å². The summed E-state index contributed by atoms with van der Waals surface area (Å²) in [6, 6.07) is 6.04. The molecule has 1 fully saturated rings. The topological polar surface area (TPSA) is 122 Å². The number of hydrogen-bond donors (Lipinski definition) is 3. The predicted octanol–water partition coefficient (Wildman–Crippen LogP) is 1.95. The van der Waals surface area contributed by atoms with Crippen molar-refractivity contribution in [2.75, 3.05) is 37.0 Å². The number of rotatable bonds is 4. The zero-order valence-electron chi connectivity index (χ0n) is 17.2. The molecule has 2 aliphatic heterocycles. The van der Waals surface area contributed by atoms with Crippen molar-refractivity contribution in [2.45, 2.75) is 38.5 Å². The normalized spacial score (nSPS) is 23.8. The molecule has 2 aromatic heterocycles. The molecule has 1 aromatic carbocycles. The first-order valence-corrected chi connectivity index (χ1v) is 10.2. The highest BCUT2D eigenvalue weighted by molar-refractivity contribution is 5.82. The molecule has 0 amide bonds. The van der Waals surface area contributed by atoms with Gasteiger partial charge >= 0.3 is 0 Å².